The summed E-state index contributed by atoms with van der Waals surface area (Å²) in [5.74, 6) is 0.544. The molecule has 3 fully saturated rings. The van der Waals surface area contributed by atoms with E-state index in [4.69, 9.17) is 0 Å². The molecule has 4 atom stereocenters. The van der Waals surface area contributed by atoms with Crippen LogP contribution in [0.2, 0.25) is 0 Å². The maximum atomic E-state index is 12.9. The van der Waals surface area contributed by atoms with Crippen LogP contribution in [0.1, 0.15) is 31.4 Å². The molecule has 3 saturated heterocycles. The number of halogens is 2. The smallest absolute Gasteiger partial charge is 0.250 e. The molecule has 1 aromatic rings. The van der Waals surface area contributed by atoms with Crippen LogP contribution in [0.4, 0.5) is 0 Å². The summed E-state index contributed by atoms with van der Waals surface area (Å²) < 4.78 is 0. The second-order valence-electron chi connectivity index (χ2n) is 7.24. The number of nitrogens with one attached hydrogen (secondary N) is 3. The van der Waals surface area contributed by atoms with Gasteiger partial charge >= 0.3 is 0 Å². The Hall–Kier alpha value is -1.64. The lowest BCUT2D eigenvalue weighted by Crippen LogP contribution is -2.67. The van der Waals surface area contributed by atoms with E-state index < -0.39 is 6.04 Å². The van der Waals surface area contributed by atoms with E-state index in [0.717, 1.165) is 32.4 Å². The van der Waals surface area contributed by atoms with Crippen molar-refractivity contribution in [2.45, 2.75) is 44.3 Å². The van der Waals surface area contributed by atoms with E-state index in [9.17, 15) is 14.4 Å². The summed E-state index contributed by atoms with van der Waals surface area (Å²) in [6, 6.07) is 1.11. The van der Waals surface area contributed by atoms with E-state index in [1.807, 2.05) is 4.90 Å². The number of carbonyl (C=O) groups is 2. The third kappa shape index (κ3) is 4.28. The fourth-order valence-electron chi connectivity index (χ4n) is 4.64. The second kappa shape index (κ2) is 9.03. The van der Waals surface area contributed by atoms with Crippen LogP contribution in [0.3, 0.4) is 0 Å². The molecular formula is C17H25Cl2N5O3. The minimum Gasteiger partial charge on any atom is -0.349 e. The Morgan fingerprint density at radius 2 is 2.04 bits per heavy atom. The minimum absolute atomic E-state index is 0. The first-order valence-electron chi connectivity index (χ1n) is 8.96. The van der Waals surface area contributed by atoms with Gasteiger partial charge in [0, 0.05) is 31.0 Å². The van der Waals surface area contributed by atoms with E-state index >= 15 is 0 Å². The Bertz CT molecular complexity index is 743. The average molecular weight is 418 g/mol. The summed E-state index contributed by atoms with van der Waals surface area (Å²) in [5, 5.41) is 6.30. The van der Waals surface area contributed by atoms with Crippen LogP contribution < -0.4 is 16.2 Å². The van der Waals surface area contributed by atoms with Crippen LogP contribution in [0.25, 0.3) is 0 Å². The number of H-pyrrole nitrogens is 1. The number of aromatic amines is 1. The van der Waals surface area contributed by atoms with Crippen LogP contribution in [0.5, 0.6) is 0 Å². The Morgan fingerprint density at radius 3 is 2.81 bits per heavy atom. The number of piperidine rings is 3. The van der Waals surface area contributed by atoms with Crippen molar-refractivity contribution in [1.29, 1.82) is 0 Å². The van der Waals surface area contributed by atoms with Crippen molar-refractivity contribution in [3.8, 4) is 0 Å². The highest BCUT2D eigenvalue weighted by Gasteiger charge is 2.50. The van der Waals surface area contributed by atoms with Gasteiger partial charge in [-0.2, -0.15) is 0 Å². The molecule has 2 bridgehead atoms. The van der Waals surface area contributed by atoms with Gasteiger partial charge in [0.05, 0.1) is 18.6 Å². The van der Waals surface area contributed by atoms with Crippen molar-refractivity contribution in [3.63, 3.8) is 0 Å². The fourth-order valence-corrected chi connectivity index (χ4v) is 4.64. The Labute approximate surface area is 169 Å². The summed E-state index contributed by atoms with van der Waals surface area (Å²) in [5.41, 5.74) is 0.261. The van der Waals surface area contributed by atoms with E-state index in [2.05, 4.69) is 20.6 Å². The fraction of sp³-hybridized carbons (Fsp3) is 0.647. The molecule has 4 rings (SSSR count). The number of amides is 2. The van der Waals surface area contributed by atoms with Gasteiger partial charge in [-0.15, -0.1) is 24.8 Å². The molecule has 2 amide bonds. The minimum atomic E-state index is -0.427. The van der Waals surface area contributed by atoms with Crippen LogP contribution in [-0.4, -0.2) is 51.9 Å². The van der Waals surface area contributed by atoms with Gasteiger partial charge < -0.3 is 20.5 Å². The zero-order valence-electron chi connectivity index (χ0n) is 14.8. The first kappa shape index (κ1) is 21.7. The quantitative estimate of drug-likeness (QED) is 0.651. The maximum absolute atomic E-state index is 12.9. The lowest BCUT2D eigenvalue weighted by molar-refractivity contribution is -0.157. The largest absolute Gasteiger partial charge is 0.349 e. The van der Waals surface area contributed by atoms with Crippen LogP contribution in [-0.2, 0) is 16.1 Å². The number of carbonyl (C=O) groups excluding carboxylic acids is 2. The van der Waals surface area contributed by atoms with Crippen molar-refractivity contribution in [1.82, 2.24) is 25.5 Å². The predicted molar refractivity (Wildman–Crippen MR) is 104 cm³/mol. The molecule has 4 heterocycles. The van der Waals surface area contributed by atoms with E-state index in [0.29, 0.717) is 18.0 Å². The highest BCUT2D eigenvalue weighted by molar-refractivity contribution is 5.89. The summed E-state index contributed by atoms with van der Waals surface area (Å²) in [4.78, 5) is 45.2. The molecule has 150 valence electrons. The molecule has 3 aliphatic rings. The molecule has 27 heavy (non-hydrogen) atoms. The summed E-state index contributed by atoms with van der Waals surface area (Å²) >= 11 is 0. The van der Waals surface area contributed by atoms with Crippen LogP contribution in [0.15, 0.2) is 17.2 Å². The monoisotopic (exact) mass is 417 g/mol. The van der Waals surface area contributed by atoms with Crippen molar-refractivity contribution in [2.24, 2.45) is 11.8 Å². The van der Waals surface area contributed by atoms with Gasteiger partial charge in [0.15, 0.2) is 0 Å². The summed E-state index contributed by atoms with van der Waals surface area (Å²) in [6.07, 6.45) is 4.73. The van der Waals surface area contributed by atoms with Crippen molar-refractivity contribution in [2.75, 3.05) is 13.1 Å². The van der Waals surface area contributed by atoms with Gasteiger partial charge in [0.2, 0.25) is 11.8 Å². The normalized spacial score (nSPS) is 29.0. The molecule has 0 saturated carbocycles. The third-order valence-corrected chi connectivity index (χ3v) is 5.69. The Balaban J connectivity index is 0.00000131. The highest BCUT2D eigenvalue weighted by Crippen LogP contribution is 2.39. The second-order valence-corrected chi connectivity index (χ2v) is 7.24. The molecule has 0 aromatic carbocycles. The Kier molecular flexibility index (Phi) is 7.25. The van der Waals surface area contributed by atoms with E-state index in [1.54, 1.807) is 0 Å². The molecule has 10 heteroatoms. The predicted octanol–water partition coefficient (Wildman–Crippen LogP) is 0.219. The van der Waals surface area contributed by atoms with Gasteiger partial charge in [-0.25, -0.2) is 4.98 Å². The first-order valence-corrected chi connectivity index (χ1v) is 8.96. The van der Waals surface area contributed by atoms with Crippen molar-refractivity contribution < 1.29 is 9.59 Å². The molecule has 3 aliphatic heterocycles. The molecule has 0 unspecified atom stereocenters. The van der Waals surface area contributed by atoms with Gasteiger partial charge in [0.1, 0.15) is 6.04 Å². The first-order chi connectivity index (χ1) is 12.1. The van der Waals surface area contributed by atoms with Gasteiger partial charge in [0.25, 0.3) is 5.56 Å². The van der Waals surface area contributed by atoms with Crippen LogP contribution >= 0.6 is 24.8 Å². The number of fused-ring (bicyclic) bond motifs is 4. The molecule has 8 nitrogen and oxygen atoms in total. The Morgan fingerprint density at radius 1 is 1.26 bits per heavy atom. The number of rotatable bonds is 3. The lowest BCUT2D eigenvalue weighted by Gasteiger charge is -2.53. The van der Waals surface area contributed by atoms with E-state index in [-0.39, 0.29) is 60.7 Å². The molecular weight excluding hydrogens is 393 g/mol. The highest BCUT2D eigenvalue weighted by atomic mass is 35.5. The van der Waals surface area contributed by atoms with E-state index in [1.165, 1.54) is 12.4 Å². The average Bonchev–Trinajstić information content (AvgIpc) is 2.61. The summed E-state index contributed by atoms with van der Waals surface area (Å²) in [7, 11) is 0. The molecule has 0 spiro atoms. The van der Waals surface area contributed by atoms with Crippen molar-refractivity contribution in [3.05, 3.63) is 28.4 Å². The lowest BCUT2D eigenvalue weighted by atomic mass is 9.72. The zero-order valence-corrected chi connectivity index (χ0v) is 16.5. The van der Waals surface area contributed by atoms with Crippen LogP contribution in [0, 0.1) is 11.8 Å². The number of aromatic nitrogens is 2. The maximum Gasteiger partial charge on any atom is 0.250 e. The topological polar surface area (TPSA) is 107 Å². The van der Waals surface area contributed by atoms with Gasteiger partial charge in [-0.05, 0) is 31.7 Å². The van der Waals surface area contributed by atoms with Gasteiger partial charge in [-0.3, -0.25) is 14.4 Å². The summed E-state index contributed by atoms with van der Waals surface area (Å²) in [6.45, 7) is 1.87. The number of hydrogen-bond donors (Lipinski definition) is 3. The third-order valence-electron chi connectivity index (χ3n) is 5.69. The van der Waals surface area contributed by atoms with Gasteiger partial charge in [-0.1, -0.05) is 0 Å². The standard InChI is InChI=1S/C17H23N5O3.2ClH/c23-14-5-12(20-9-21-14)8-19-17(25)16-11-4-10(6-18-7-11)13-2-1-3-15(24)22(13)16;;/h5,9-11,13,16,18H,1-4,6-8H2,(H,19,25)(H,20,21,23);2*1H/t10-,11+,13+,16-;;/m1../s1. The SMILES string of the molecule is Cl.Cl.O=C(NCc1cc(=O)[nH]cn1)[C@H]1[C@@H]2CNC[C@@H](C2)[C@@H]2CCCC(=O)N21. The molecule has 0 aliphatic carbocycles. The number of nitrogens with zero attached hydrogens (tertiary/aromatic N) is 2. The molecule has 3 N–H and O–H groups in total. The zero-order chi connectivity index (χ0) is 17.4. The van der Waals surface area contributed by atoms with Crippen molar-refractivity contribution >= 4 is 36.6 Å². The molecule has 1 aromatic heterocycles. The molecule has 0 radical (unpaired) electrons. The number of hydrogen-bond acceptors (Lipinski definition) is 5.